The van der Waals surface area contributed by atoms with Crippen LogP contribution in [0.2, 0.25) is 10.0 Å². The lowest BCUT2D eigenvalue weighted by atomic mass is 10.1. The van der Waals surface area contributed by atoms with Crippen molar-refractivity contribution in [2.75, 3.05) is 0 Å². The highest BCUT2D eigenvalue weighted by Crippen LogP contribution is 2.35. The average Bonchev–Trinajstić information content (AvgIpc) is 2.41. The summed E-state index contributed by atoms with van der Waals surface area (Å²) in [5, 5.41) is 9.85. The molecule has 7 heteroatoms. The molecule has 0 aliphatic heterocycles. The standard InChI is InChI=1S/C15H10Cl2F3NO/c1-8-4-9(14(22)12(17)5-8)7-21-13-3-2-10(6-11(13)16)15(18,19)20/h2-7,22H,1H3. The highest BCUT2D eigenvalue weighted by atomic mass is 35.5. The van der Waals surface area contributed by atoms with Gasteiger partial charge in [0.1, 0.15) is 5.75 Å². The van der Waals surface area contributed by atoms with Gasteiger partial charge >= 0.3 is 6.18 Å². The Kier molecular flexibility index (Phi) is 4.68. The Morgan fingerprint density at radius 2 is 1.77 bits per heavy atom. The SMILES string of the molecule is Cc1cc(Cl)c(O)c(C=Nc2ccc(C(F)(F)F)cc2Cl)c1. The minimum atomic E-state index is -4.46. The van der Waals surface area contributed by atoms with Crippen molar-refractivity contribution in [2.24, 2.45) is 4.99 Å². The smallest absolute Gasteiger partial charge is 0.416 e. The maximum atomic E-state index is 12.5. The van der Waals surface area contributed by atoms with E-state index in [9.17, 15) is 18.3 Å². The van der Waals surface area contributed by atoms with Gasteiger partial charge in [0.25, 0.3) is 0 Å². The molecule has 0 aromatic heterocycles. The lowest BCUT2D eigenvalue weighted by Crippen LogP contribution is -2.04. The molecule has 0 unspecified atom stereocenters. The van der Waals surface area contributed by atoms with Crippen molar-refractivity contribution in [2.45, 2.75) is 13.1 Å². The first-order chi connectivity index (χ1) is 10.2. The number of nitrogens with zero attached hydrogens (tertiary/aromatic N) is 1. The maximum absolute atomic E-state index is 12.5. The van der Waals surface area contributed by atoms with Gasteiger partial charge < -0.3 is 5.11 Å². The molecule has 22 heavy (non-hydrogen) atoms. The van der Waals surface area contributed by atoms with Crippen molar-refractivity contribution < 1.29 is 18.3 Å². The number of aryl methyl sites for hydroxylation is 1. The van der Waals surface area contributed by atoms with E-state index in [1.54, 1.807) is 19.1 Å². The first kappa shape index (κ1) is 16.6. The molecule has 0 spiro atoms. The van der Waals surface area contributed by atoms with E-state index >= 15 is 0 Å². The lowest BCUT2D eigenvalue weighted by molar-refractivity contribution is -0.137. The van der Waals surface area contributed by atoms with Crippen LogP contribution in [0.25, 0.3) is 0 Å². The summed E-state index contributed by atoms with van der Waals surface area (Å²) in [5.41, 5.74) is 0.466. The zero-order chi connectivity index (χ0) is 16.5. The monoisotopic (exact) mass is 347 g/mol. The number of alkyl halides is 3. The Morgan fingerprint density at radius 3 is 2.36 bits per heavy atom. The Labute approximate surface area is 134 Å². The van der Waals surface area contributed by atoms with Gasteiger partial charge in [0.2, 0.25) is 0 Å². The molecule has 2 rings (SSSR count). The maximum Gasteiger partial charge on any atom is 0.416 e. The Bertz CT molecular complexity index is 742. The molecule has 0 saturated carbocycles. The zero-order valence-corrected chi connectivity index (χ0v) is 12.8. The molecule has 2 nitrogen and oxygen atoms in total. The van der Waals surface area contributed by atoms with E-state index in [0.29, 0.717) is 5.56 Å². The first-order valence-electron chi connectivity index (χ1n) is 6.08. The molecular weight excluding hydrogens is 338 g/mol. The third-order valence-electron chi connectivity index (χ3n) is 2.85. The fraction of sp³-hybridized carbons (Fsp3) is 0.133. The molecule has 0 aliphatic rings. The summed E-state index contributed by atoms with van der Waals surface area (Å²) in [6, 6.07) is 6.08. The average molecular weight is 348 g/mol. The van der Waals surface area contributed by atoms with Crippen LogP contribution in [0.4, 0.5) is 18.9 Å². The van der Waals surface area contributed by atoms with E-state index in [1.165, 1.54) is 6.21 Å². The second-order valence-electron chi connectivity index (χ2n) is 4.61. The predicted octanol–water partition coefficient (Wildman–Crippen LogP) is 5.78. The van der Waals surface area contributed by atoms with Crippen LogP contribution in [0.1, 0.15) is 16.7 Å². The van der Waals surface area contributed by atoms with Crippen molar-refractivity contribution >= 4 is 35.1 Å². The van der Waals surface area contributed by atoms with Gasteiger partial charge in [-0.15, -0.1) is 0 Å². The minimum absolute atomic E-state index is 0.135. The number of rotatable bonds is 2. The normalized spacial score (nSPS) is 12.1. The molecule has 0 radical (unpaired) electrons. The number of benzene rings is 2. The van der Waals surface area contributed by atoms with Crippen LogP contribution in [0.5, 0.6) is 5.75 Å². The van der Waals surface area contributed by atoms with Crippen LogP contribution >= 0.6 is 23.2 Å². The molecule has 2 aromatic carbocycles. The van der Waals surface area contributed by atoms with E-state index < -0.39 is 11.7 Å². The van der Waals surface area contributed by atoms with Gasteiger partial charge in [-0.3, -0.25) is 4.99 Å². The van der Waals surface area contributed by atoms with Crippen LogP contribution in [0, 0.1) is 6.92 Å². The van der Waals surface area contributed by atoms with Crippen molar-refractivity contribution in [3.63, 3.8) is 0 Å². The topological polar surface area (TPSA) is 32.6 Å². The molecule has 0 amide bonds. The summed E-state index contributed by atoms with van der Waals surface area (Å²) in [7, 11) is 0. The van der Waals surface area contributed by atoms with Crippen LogP contribution in [-0.4, -0.2) is 11.3 Å². The molecule has 0 heterocycles. The third kappa shape index (κ3) is 3.72. The van der Waals surface area contributed by atoms with E-state index in [2.05, 4.69) is 4.99 Å². The fourth-order valence-corrected chi connectivity index (χ4v) is 2.30. The molecule has 0 fully saturated rings. The number of hydrogen-bond donors (Lipinski definition) is 1. The zero-order valence-electron chi connectivity index (χ0n) is 11.2. The number of aliphatic imine (C=N–C) groups is 1. The summed E-state index contributed by atoms with van der Waals surface area (Å²) >= 11 is 11.6. The van der Waals surface area contributed by atoms with Gasteiger partial charge in [-0.05, 0) is 42.8 Å². The Balaban J connectivity index is 2.35. The third-order valence-corrected chi connectivity index (χ3v) is 3.45. The van der Waals surface area contributed by atoms with Gasteiger partial charge in [0.05, 0.1) is 21.3 Å². The summed E-state index contributed by atoms with van der Waals surface area (Å²) in [6.45, 7) is 1.79. The van der Waals surface area contributed by atoms with Gasteiger partial charge in [0.15, 0.2) is 0 Å². The summed E-state index contributed by atoms with van der Waals surface area (Å²) < 4.78 is 37.6. The highest BCUT2D eigenvalue weighted by molar-refractivity contribution is 6.33. The number of halogens is 5. The highest BCUT2D eigenvalue weighted by Gasteiger charge is 2.30. The second-order valence-corrected chi connectivity index (χ2v) is 5.42. The first-order valence-corrected chi connectivity index (χ1v) is 6.84. The van der Waals surface area contributed by atoms with Gasteiger partial charge in [-0.25, -0.2) is 0 Å². The predicted molar refractivity (Wildman–Crippen MR) is 81.6 cm³/mol. The van der Waals surface area contributed by atoms with E-state index in [0.717, 1.165) is 23.8 Å². The number of phenolic OH excluding ortho intramolecular Hbond substituents is 1. The minimum Gasteiger partial charge on any atom is -0.506 e. The van der Waals surface area contributed by atoms with Gasteiger partial charge in [-0.2, -0.15) is 13.2 Å². The van der Waals surface area contributed by atoms with Crippen LogP contribution in [0.3, 0.4) is 0 Å². The summed E-state index contributed by atoms with van der Waals surface area (Å²) in [6.07, 6.45) is -3.17. The number of hydrogen-bond acceptors (Lipinski definition) is 2. The molecule has 0 aliphatic carbocycles. The van der Waals surface area contributed by atoms with Crippen molar-refractivity contribution in [1.82, 2.24) is 0 Å². The lowest BCUT2D eigenvalue weighted by Gasteiger charge is -2.08. The van der Waals surface area contributed by atoms with Gasteiger partial charge in [0, 0.05) is 11.8 Å². The molecular formula is C15H10Cl2F3NO. The number of aromatic hydroxyl groups is 1. The van der Waals surface area contributed by atoms with Crippen molar-refractivity contribution in [1.29, 1.82) is 0 Å². The molecule has 1 N–H and O–H groups in total. The molecule has 2 aromatic rings. The molecule has 0 bridgehead atoms. The number of phenols is 1. The van der Waals surface area contributed by atoms with E-state index in [1.807, 2.05) is 0 Å². The fourth-order valence-electron chi connectivity index (χ4n) is 1.79. The summed E-state index contributed by atoms with van der Waals surface area (Å²) in [5.74, 6) is -0.154. The van der Waals surface area contributed by atoms with Crippen molar-refractivity contribution in [3.05, 3.63) is 57.1 Å². The van der Waals surface area contributed by atoms with Crippen LogP contribution in [0.15, 0.2) is 35.3 Å². The quantitative estimate of drug-likeness (QED) is 0.686. The second kappa shape index (κ2) is 6.18. The molecule has 116 valence electrons. The molecule has 0 atom stereocenters. The Morgan fingerprint density at radius 1 is 1.09 bits per heavy atom. The molecule has 0 saturated heterocycles. The van der Waals surface area contributed by atoms with Crippen LogP contribution < -0.4 is 0 Å². The van der Waals surface area contributed by atoms with Crippen molar-refractivity contribution in [3.8, 4) is 5.75 Å². The Hall–Kier alpha value is -1.72. The van der Waals surface area contributed by atoms with E-state index in [4.69, 9.17) is 23.2 Å². The van der Waals surface area contributed by atoms with E-state index in [-0.39, 0.29) is 21.5 Å². The van der Waals surface area contributed by atoms with Gasteiger partial charge in [-0.1, -0.05) is 23.2 Å². The van der Waals surface area contributed by atoms with Crippen LogP contribution in [-0.2, 0) is 6.18 Å². The largest absolute Gasteiger partial charge is 0.506 e. The summed E-state index contributed by atoms with van der Waals surface area (Å²) in [4.78, 5) is 4.00.